The van der Waals surface area contributed by atoms with Crippen LogP contribution in [0.25, 0.3) is 36.3 Å². The summed E-state index contributed by atoms with van der Waals surface area (Å²) in [5.41, 5.74) is 13.9. The van der Waals surface area contributed by atoms with E-state index in [0.717, 1.165) is 35.8 Å². The zero-order chi connectivity index (χ0) is 60.4. The second-order valence-electron chi connectivity index (χ2n) is 22.0. The van der Waals surface area contributed by atoms with Gasteiger partial charge in [-0.2, -0.15) is 15.0 Å². The van der Waals surface area contributed by atoms with Crippen molar-refractivity contribution in [3.8, 4) is 5.69 Å². The van der Waals surface area contributed by atoms with Gasteiger partial charge in [-0.25, -0.2) is 37.7 Å². The Hall–Kier alpha value is -7.06. The van der Waals surface area contributed by atoms with Gasteiger partial charge in [-0.3, -0.25) is 4.79 Å². The third kappa shape index (κ3) is 18.2. The lowest BCUT2D eigenvalue weighted by Gasteiger charge is -2.24. The number of benzene rings is 4. The van der Waals surface area contributed by atoms with E-state index in [1.807, 2.05) is 47.6 Å². The molecule has 8 unspecified atom stereocenters. The van der Waals surface area contributed by atoms with Crippen molar-refractivity contribution in [1.82, 2.24) is 45.9 Å². The van der Waals surface area contributed by atoms with Gasteiger partial charge in [-0.05, 0) is 108 Å². The number of amides is 3. The van der Waals surface area contributed by atoms with E-state index < -0.39 is 23.4 Å². The molecule has 0 spiro atoms. The third-order valence-corrected chi connectivity index (χ3v) is 15.7. The molecule has 4 aromatic heterocycles. The number of fused-ring (bicyclic) bond motifs is 3. The molecule has 23 nitrogen and oxygen atoms in total. The predicted molar refractivity (Wildman–Crippen MR) is 326 cm³/mol. The highest BCUT2D eigenvalue weighted by Crippen LogP contribution is 2.31. The minimum Gasteiger partial charge on any atom is -0.444 e. The van der Waals surface area contributed by atoms with Gasteiger partial charge in [-0.15, -0.1) is 12.4 Å². The molecule has 0 radical (unpaired) electrons. The Labute approximate surface area is 511 Å². The Kier molecular flexibility index (Phi) is 22.0. The first-order chi connectivity index (χ1) is 40.6. The molecule has 4 aromatic carbocycles. The maximum absolute atomic E-state index is 13.4. The van der Waals surface area contributed by atoms with E-state index in [1.165, 1.54) is 75.2 Å². The van der Waals surface area contributed by atoms with E-state index in [-0.39, 0.29) is 84.1 Å². The lowest BCUT2D eigenvalue weighted by molar-refractivity contribution is 0.0485. The highest BCUT2D eigenvalue weighted by atomic mass is 35.5. The smallest absolute Gasteiger partial charge is 0.408 e. The number of hydrogen-bond donors (Lipinski definition) is 8. The number of thiazole rings is 3. The van der Waals surface area contributed by atoms with E-state index in [9.17, 15) is 27.6 Å². The summed E-state index contributed by atoms with van der Waals surface area (Å²) in [6, 6.07) is 19.8. The number of rotatable bonds is 11. The maximum Gasteiger partial charge on any atom is 0.408 e. The van der Waals surface area contributed by atoms with Crippen LogP contribution in [0.3, 0.4) is 0 Å². The van der Waals surface area contributed by atoms with Gasteiger partial charge in [-0.1, -0.05) is 46.1 Å². The summed E-state index contributed by atoms with van der Waals surface area (Å²) in [5.74, 6) is -1.06. The number of alkyl carbamates (subject to hydrolysis) is 2. The monoisotopic (exact) mass is 1270 g/mol. The number of carbonyl (C=O) groups excluding carboxylic acids is 3. The Bertz CT molecular complexity index is 3550. The van der Waals surface area contributed by atoms with Gasteiger partial charge < -0.3 is 71.8 Å². The lowest BCUT2D eigenvalue weighted by atomic mass is 10.1. The molecule has 8 atom stereocenters. The number of nitrogens with two attached hydrogens (primary N) is 2. The number of anilines is 3. The van der Waals surface area contributed by atoms with Crippen molar-refractivity contribution in [2.45, 2.75) is 101 Å². The number of aromatic nitrogens is 6. The second kappa shape index (κ2) is 29.1. The minimum absolute atomic E-state index is 0. The van der Waals surface area contributed by atoms with Crippen LogP contribution < -0.4 is 43.4 Å². The van der Waals surface area contributed by atoms with E-state index in [2.05, 4.69) is 57.1 Å². The predicted octanol–water partition coefficient (Wildman–Crippen LogP) is 8.00. The van der Waals surface area contributed by atoms with Crippen LogP contribution in [-0.2, 0) is 28.4 Å². The lowest BCUT2D eigenvalue weighted by Crippen LogP contribution is -2.48. The van der Waals surface area contributed by atoms with Crippen LogP contribution in [0.4, 0.5) is 38.2 Å². The summed E-state index contributed by atoms with van der Waals surface area (Å²) < 4.78 is 73.9. The molecular formula is C56H68ClF3N14O9S3. The molecule has 0 bridgehead atoms. The van der Waals surface area contributed by atoms with Crippen LogP contribution in [0.5, 0.6) is 0 Å². The van der Waals surface area contributed by atoms with Crippen LogP contribution in [0, 0.1) is 17.5 Å². The summed E-state index contributed by atoms with van der Waals surface area (Å²) in [4.78, 5) is 50.9. The van der Waals surface area contributed by atoms with E-state index in [1.54, 1.807) is 48.8 Å². The second-order valence-corrected chi connectivity index (χ2v) is 25.1. The Morgan fingerprint density at radius 1 is 0.523 bits per heavy atom. The van der Waals surface area contributed by atoms with Gasteiger partial charge in [0.25, 0.3) is 5.91 Å². The third-order valence-electron chi connectivity index (χ3n) is 12.9. The van der Waals surface area contributed by atoms with E-state index in [4.69, 9.17) is 39.9 Å². The zero-order valence-corrected chi connectivity index (χ0v) is 51.0. The fourth-order valence-electron chi connectivity index (χ4n) is 8.82. The van der Waals surface area contributed by atoms with Crippen molar-refractivity contribution >= 4 is 111 Å². The summed E-state index contributed by atoms with van der Waals surface area (Å²) in [6.07, 6.45) is 2.20. The molecule has 10 N–H and O–H groups in total. The first-order valence-corrected chi connectivity index (χ1v) is 29.6. The fourth-order valence-corrected chi connectivity index (χ4v) is 11.7. The highest BCUT2D eigenvalue weighted by molar-refractivity contribution is 7.22. The quantitative estimate of drug-likeness (QED) is 0.0608. The van der Waals surface area contributed by atoms with Gasteiger partial charge in [0.15, 0.2) is 15.4 Å². The van der Waals surface area contributed by atoms with Crippen molar-refractivity contribution in [2.75, 3.05) is 68.8 Å². The molecule has 4 aliphatic rings. The molecule has 12 rings (SSSR count). The van der Waals surface area contributed by atoms with Crippen LogP contribution in [0.1, 0.15) is 51.9 Å². The van der Waals surface area contributed by atoms with Crippen LogP contribution in [0.15, 0.2) is 91.3 Å². The number of para-hydroxylation sites is 1. The van der Waals surface area contributed by atoms with Crippen molar-refractivity contribution < 1.29 is 56.0 Å². The number of carbonyl (C=O) groups is 3. The average molecular weight is 1270 g/mol. The molecule has 8 heterocycles. The molecule has 4 saturated heterocycles. The van der Waals surface area contributed by atoms with Gasteiger partial charge in [0, 0.05) is 0 Å². The summed E-state index contributed by atoms with van der Waals surface area (Å²) in [5, 5.41) is 28.6. The minimum atomic E-state index is -0.552. The molecular weight excluding hydrogens is 1200 g/mol. The van der Waals surface area contributed by atoms with E-state index >= 15 is 0 Å². The molecule has 3 amide bonds. The van der Waals surface area contributed by atoms with Crippen molar-refractivity contribution in [2.24, 2.45) is 11.5 Å². The van der Waals surface area contributed by atoms with Gasteiger partial charge in [0.2, 0.25) is 0 Å². The molecule has 0 saturated carbocycles. The number of ether oxygens (including phenoxy) is 6. The molecule has 4 fully saturated rings. The van der Waals surface area contributed by atoms with Crippen molar-refractivity contribution in [3.63, 3.8) is 0 Å². The molecule has 0 aliphatic carbocycles. The maximum atomic E-state index is 13.4. The summed E-state index contributed by atoms with van der Waals surface area (Å²) in [6.45, 7) is 14.6. The Morgan fingerprint density at radius 2 is 0.895 bits per heavy atom. The Balaban J connectivity index is 0.000000155. The molecule has 30 heteroatoms. The van der Waals surface area contributed by atoms with Crippen molar-refractivity contribution in [1.29, 1.82) is 0 Å². The van der Waals surface area contributed by atoms with Crippen LogP contribution >= 0.6 is 46.4 Å². The SMILES string of the molecule is CC(C)(C)OC(=O)NC1COCC1N.CC(C)(C)OC(=O)NC1COCC1Nc1nc2ccc(F)cc2s1.Cl.NC1COCC1Nc1nc2ccc(F)cc2s1.O=C(NC1COCC1Nc1nc2ccc(F)cc2s1)c1ccccc1-n1nccn1. The van der Waals surface area contributed by atoms with Gasteiger partial charge >= 0.3 is 12.2 Å². The highest BCUT2D eigenvalue weighted by Gasteiger charge is 2.34. The van der Waals surface area contributed by atoms with E-state index in [0.29, 0.717) is 74.4 Å². The van der Waals surface area contributed by atoms with Crippen molar-refractivity contribution in [3.05, 3.63) is 114 Å². The number of nitrogens with one attached hydrogen (secondary N) is 6. The Morgan fingerprint density at radius 3 is 1.33 bits per heavy atom. The number of hydrogen-bond acceptors (Lipinski definition) is 22. The molecule has 8 aromatic rings. The first kappa shape index (κ1) is 64.9. The molecule has 4 aliphatic heterocycles. The van der Waals surface area contributed by atoms with Gasteiger partial charge in [0.1, 0.15) is 28.7 Å². The topological polar surface area (TPSA) is 300 Å². The molecule has 462 valence electrons. The first-order valence-electron chi connectivity index (χ1n) is 27.1. The normalized spacial score (nSPS) is 21.6. The summed E-state index contributed by atoms with van der Waals surface area (Å²) >= 11 is 4.16. The molecule has 86 heavy (non-hydrogen) atoms. The van der Waals surface area contributed by atoms with Crippen LogP contribution in [-0.4, -0.2) is 160 Å². The van der Waals surface area contributed by atoms with Gasteiger partial charge in [0.05, 0.1) is 155 Å². The number of nitrogens with zero attached hydrogens (tertiary/aromatic N) is 6. The largest absolute Gasteiger partial charge is 0.444 e. The number of halogens is 4. The van der Waals surface area contributed by atoms with Crippen LogP contribution in [0.2, 0.25) is 0 Å². The standard InChI is InChI=1S/C20H17FN6O2S.C16H20FN3O3S.C11H12FN3OS.C9H18N2O3.ClH/c21-12-5-6-14-18(9-12)30-20(25-14)26-16-11-29-10-15(16)24-19(28)13-3-1-2-4-17(13)27-22-7-8-23-27;1-16(2,3)23-15(21)20-12-8-22-7-11(12)19-14-18-10-5-4-9(17)6-13(10)24-14;12-6-1-2-8-10(3-6)17-11(14-8)15-9-5-16-4-7(9)13;1-9(2,3)14-8(12)11-7-5-13-4-6(7)10;/h1-9,15-16H,10-11H2,(H,24,28)(H,25,26);4-6,11-12H,7-8H2,1-3H3,(H,18,19)(H,20,21);1-3,7,9H,4-5,13H2,(H,14,15);6-7H,4-5,10H2,1-3H3,(H,11,12);1H. The summed E-state index contributed by atoms with van der Waals surface area (Å²) in [7, 11) is 0. The average Bonchev–Trinajstić information content (AvgIpc) is 4.04. The zero-order valence-electron chi connectivity index (χ0n) is 47.7. The fraction of sp³-hybridized carbons (Fsp3) is 0.429.